The maximum absolute atomic E-state index is 13.1. The molecule has 3 aromatic rings. The molecule has 1 heterocycles. The predicted molar refractivity (Wildman–Crippen MR) is 94.4 cm³/mol. The van der Waals surface area contributed by atoms with E-state index in [2.05, 4.69) is 9.97 Å². The Kier molecular flexibility index (Phi) is 5.07. The Bertz CT molecular complexity index is 853. The maximum atomic E-state index is 13.1. The molecule has 0 saturated heterocycles. The van der Waals surface area contributed by atoms with Crippen LogP contribution < -0.4 is 9.64 Å². The first-order valence-corrected chi connectivity index (χ1v) is 8.00. The average Bonchev–Trinajstić information content (AvgIpc) is 2.62. The highest BCUT2D eigenvalue weighted by Gasteiger charge is 2.17. The molecule has 25 heavy (non-hydrogen) atoms. The number of benzene rings is 2. The third kappa shape index (κ3) is 4.02. The molecular formula is C19H19F2N3O. The van der Waals surface area contributed by atoms with Crippen LogP contribution in [0.2, 0.25) is 0 Å². The summed E-state index contributed by atoms with van der Waals surface area (Å²) in [6.07, 6.45) is -2.71. The van der Waals surface area contributed by atoms with Crippen molar-refractivity contribution in [2.75, 3.05) is 25.1 Å². The second-order valence-corrected chi connectivity index (χ2v) is 5.81. The highest BCUT2D eigenvalue weighted by atomic mass is 19.3. The summed E-state index contributed by atoms with van der Waals surface area (Å²) in [6, 6.07) is 14.9. The van der Waals surface area contributed by atoms with Crippen LogP contribution in [-0.4, -0.2) is 30.2 Å². The first-order valence-electron chi connectivity index (χ1n) is 8.00. The molecular weight excluding hydrogens is 324 g/mol. The van der Waals surface area contributed by atoms with Crippen LogP contribution in [0.5, 0.6) is 5.75 Å². The second kappa shape index (κ2) is 7.42. The molecule has 0 amide bonds. The molecule has 0 saturated carbocycles. The zero-order valence-corrected chi connectivity index (χ0v) is 14.1. The van der Waals surface area contributed by atoms with Gasteiger partial charge in [0.1, 0.15) is 18.2 Å². The molecule has 0 aliphatic carbocycles. The minimum atomic E-state index is -2.71. The number of hydrogen-bond donors (Lipinski definition) is 0. The fourth-order valence-electron chi connectivity index (χ4n) is 2.51. The number of likely N-dealkylation sites (N-methyl/N-ethyl adjacent to an activating group) is 1. The second-order valence-electron chi connectivity index (χ2n) is 5.81. The Morgan fingerprint density at radius 3 is 2.48 bits per heavy atom. The molecule has 0 unspecified atom stereocenters. The summed E-state index contributed by atoms with van der Waals surface area (Å²) in [6.45, 7) is 2.94. The van der Waals surface area contributed by atoms with Gasteiger partial charge in [-0.1, -0.05) is 29.8 Å². The minimum absolute atomic E-state index is 0.419. The molecule has 0 aliphatic rings. The molecule has 1 aromatic heterocycles. The summed E-state index contributed by atoms with van der Waals surface area (Å²) in [4.78, 5) is 9.79. The van der Waals surface area contributed by atoms with Gasteiger partial charge in [0.2, 0.25) is 0 Å². The number of nitrogens with zero attached hydrogens (tertiary/aromatic N) is 3. The van der Waals surface area contributed by atoms with E-state index in [0.717, 1.165) is 16.7 Å². The van der Waals surface area contributed by atoms with E-state index in [4.69, 9.17) is 4.74 Å². The lowest BCUT2D eigenvalue weighted by molar-refractivity contribution is 0.141. The summed E-state index contributed by atoms with van der Waals surface area (Å²) in [5.74, 6) is 0.799. The SMILES string of the molecule is Cc1ccc(OCCN(C)c2nc(C(F)F)nc3ccccc23)cc1. The Hall–Kier alpha value is -2.76. The molecule has 0 aliphatic heterocycles. The van der Waals surface area contributed by atoms with E-state index in [1.54, 1.807) is 12.1 Å². The number of halogens is 2. The summed E-state index contributed by atoms with van der Waals surface area (Å²) < 4.78 is 31.9. The van der Waals surface area contributed by atoms with Crippen LogP contribution in [0.15, 0.2) is 48.5 Å². The van der Waals surface area contributed by atoms with Crippen molar-refractivity contribution >= 4 is 16.7 Å². The fourth-order valence-corrected chi connectivity index (χ4v) is 2.51. The normalized spacial score (nSPS) is 11.1. The monoisotopic (exact) mass is 343 g/mol. The third-order valence-electron chi connectivity index (χ3n) is 3.87. The van der Waals surface area contributed by atoms with E-state index in [-0.39, 0.29) is 0 Å². The molecule has 0 atom stereocenters. The molecule has 0 radical (unpaired) electrons. The van der Waals surface area contributed by atoms with Gasteiger partial charge in [0, 0.05) is 12.4 Å². The first kappa shape index (κ1) is 17.1. The van der Waals surface area contributed by atoms with Crippen LogP contribution in [0.3, 0.4) is 0 Å². The van der Waals surface area contributed by atoms with Gasteiger partial charge in [-0.3, -0.25) is 0 Å². The van der Waals surface area contributed by atoms with Crippen LogP contribution >= 0.6 is 0 Å². The first-order chi connectivity index (χ1) is 12.0. The van der Waals surface area contributed by atoms with Crippen LogP contribution in [0.1, 0.15) is 17.8 Å². The number of hydrogen-bond acceptors (Lipinski definition) is 4. The van der Waals surface area contributed by atoms with Crippen LogP contribution in [-0.2, 0) is 0 Å². The van der Waals surface area contributed by atoms with E-state index in [0.29, 0.717) is 24.5 Å². The molecule has 0 fully saturated rings. The molecule has 6 heteroatoms. The van der Waals surface area contributed by atoms with Crippen LogP contribution in [0, 0.1) is 6.92 Å². The van der Waals surface area contributed by atoms with Crippen molar-refractivity contribution in [2.24, 2.45) is 0 Å². The van der Waals surface area contributed by atoms with Gasteiger partial charge in [0.25, 0.3) is 6.43 Å². The van der Waals surface area contributed by atoms with E-state index < -0.39 is 12.2 Å². The van der Waals surface area contributed by atoms with Crippen molar-refractivity contribution in [3.63, 3.8) is 0 Å². The Morgan fingerprint density at radius 1 is 1.04 bits per heavy atom. The number of rotatable bonds is 6. The lowest BCUT2D eigenvalue weighted by Crippen LogP contribution is -2.25. The zero-order valence-electron chi connectivity index (χ0n) is 14.1. The van der Waals surface area contributed by atoms with Gasteiger partial charge >= 0.3 is 0 Å². The maximum Gasteiger partial charge on any atom is 0.297 e. The highest BCUT2D eigenvalue weighted by Crippen LogP contribution is 2.26. The topological polar surface area (TPSA) is 38.2 Å². The quantitative estimate of drug-likeness (QED) is 0.665. The van der Waals surface area contributed by atoms with Gasteiger partial charge < -0.3 is 9.64 Å². The zero-order chi connectivity index (χ0) is 17.8. The van der Waals surface area contributed by atoms with Crippen molar-refractivity contribution in [1.29, 1.82) is 0 Å². The van der Waals surface area contributed by atoms with Crippen molar-refractivity contribution in [3.05, 3.63) is 59.9 Å². The van der Waals surface area contributed by atoms with E-state index in [9.17, 15) is 8.78 Å². The fraction of sp³-hybridized carbons (Fsp3) is 0.263. The lowest BCUT2D eigenvalue weighted by Gasteiger charge is -2.20. The number of anilines is 1. The number of ether oxygens (including phenoxy) is 1. The number of para-hydroxylation sites is 1. The Balaban J connectivity index is 1.76. The summed E-state index contributed by atoms with van der Waals surface area (Å²) >= 11 is 0. The smallest absolute Gasteiger partial charge is 0.297 e. The minimum Gasteiger partial charge on any atom is -0.492 e. The van der Waals surface area contributed by atoms with Gasteiger partial charge in [-0.25, -0.2) is 18.7 Å². The van der Waals surface area contributed by atoms with Gasteiger partial charge in [-0.2, -0.15) is 0 Å². The van der Waals surface area contributed by atoms with Gasteiger partial charge in [-0.05, 0) is 31.2 Å². The van der Waals surface area contributed by atoms with Crippen LogP contribution in [0.4, 0.5) is 14.6 Å². The molecule has 4 nitrogen and oxygen atoms in total. The Labute approximate surface area is 145 Å². The lowest BCUT2D eigenvalue weighted by atomic mass is 10.2. The summed E-state index contributed by atoms with van der Waals surface area (Å²) in [5, 5.41) is 0.740. The number of aryl methyl sites for hydroxylation is 1. The third-order valence-corrected chi connectivity index (χ3v) is 3.87. The van der Waals surface area contributed by atoms with Crippen molar-refractivity contribution in [2.45, 2.75) is 13.3 Å². The van der Waals surface area contributed by atoms with Crippen LogP contribution in [0.25, 0.3) is 10.9 Å². The van der Waals surface area contributed by atoms with E-state index in [1.807, 2.05) is 55.3 Å². The van der Waals surface area contributed by atoms with Crippen molar-refractivity contribution in [1.82, 2.24) is 9.97 Å². The largest absolute Gasteiger partial charge is 0.492 e. The van der Waals surface area contributed by atoms with Gasteiger partial charge in [-0.15, -0.1) is 0 Å². The van der Waals surface area contributed by atoms with Crippen molar-refractivity contribution < 1.29 is 13.5 Å². The average molecular weight is 343 g/mol. The number of aromatic nitrogens is 2. The standard InChI is InChI=1S/C19H19F2N3O/c1-13-7-9-14(10-8-13)25-12-11-24(2)19-15-5-3-4-6-16(15)22-18(23-19)17(20)21/h3-10,17H,11-12H2,1-2H3. The summed E-state index contributed by atoms with van der Waals surface area (Å²) in [5.41, 5.74) is 1.67. The van der Waals surface area contributed by atoms with E-state index >= 15 is 0 Å². The number of fused-ring (bicyclic) bond motifs is 1. The number of alkyl halides is 2. The van der Waals surface area contributed by atoms with Gasteiger partial charge in [0.15, 0.2) is 5.82 Å². The molecule has 2 aromatic carbocycles. The molecule has 3 rings (SSSR count). The summed E-state index contributed by atoms with van der Waals surface area (Å²) in [7, 11) is 1.81. The Morgan fingerprint density at radius 2 is 1.76 bits per heavy atom. The molecule has 130 valence electrons. The highest BCUT2D eigenvalue weighted by molar-refractivity contribution is 5.89. The molecule has 0 N–H and O–H groups in total. The van der Waals surface area contributed by atoms with Gasteiger partial charge in [0.05, 0.1) is 12.1 Å². The predicted octanol–water partition coefficient (Wildman–Crippen LogP) is 4.39. The molecule has 0 spiro atoms. The van der Waals surface area contributed by atoms with Crippen molar-refractivity contribution in [3.8, 4) is 5.75 Å². The molecule has 0 bridgehead atoms. The van der Waals surface area contributed by atoms with E-state index in [1.165, 1.54) is 0 Å².